The van der Waals surface area contributed by atoms with Crippen molar-refractivity contribution in [3.63, 3.8) is 0 Å². The smallest absolute Gasteiger partial charge is 0.262 e. The number of rotatable bonds is 7. The summed E-state index contributed by atoms with van der Waals surface area (Å²) in [6, 6.07) is 12.6. The molecule has 0 aromatic heterocycles. The van der Waals surface area contributed by atoms with E-state index in [0.717, 1.165) is 17.7 Å². The van der Waals surface area contributed by atoms with Gasteiger partial charge in [-0.05, 0) is 42.3 Å². The van der Waals surface area contributed by atoms with Crippen LogP contribution in [0.5, 0.6) is 11.5 Å². The molecule has 7 nitrogen and oxygen atoms in total. The number of nitrogens with zero attached hydrogens (tertiary/aromatic N) is 1. The Balaban J connectivity index is 1.58. The fourth-order valence-electron chi connectivity index (χ4n) is 2.98. The first kappa shape index (κ1) is 18.7. The van der Waals surface area contributed by atoms with Gasteiger partial charge in [-0.15, -0.1) is 0 Å². The molecule has 0 atom stereocenters. The Morgan fingerprint density at radius 1 is 1.07 bits per heavy atom. The second-order valence-corrected chi connectivity index (χ2v) is 6.09. The number of anilines is 2. The summed E-state index contributed by atoms with van der Waals surface area (Å²) in [5.41, 5.74) is 2.56. The number of fused-ring (bicyclic) bond motifs is 1. The SMILES string of the molecule is COCC(=O)N1CCc2cc(NC(=O)COc3cccc(OC)c3)ccc21. The zero-order chi connectivity index (χ0) is 19.2. The fourth-order valence-corrected chi connectivity index (χ4v) is 2.98. The van der Waals surface area contributed by atoms with Gasteiger partial charge in [-0.2, -0.15) is 0 Å². The molecule has 1 heterocycles. The summed E-state index contributed by atoms with van der Waals surface area (Å²) in [5, 5.41) is 2.82. The lowest BCUT2D eigenvalue weighted by atomic mass is 10.1. The highest BCUT2D eigenvalue weighted by Gasteiger charge is 2.24. The van der Waals surface area contributed by atoms with Gasteiger partial charge in [0.25, 0.3) is 11.8 Å². The quantitative estimate of drug-likeness (QED) is 0.809. The summed E-state index contributed by atoms with van der Waals surface area (Å²) < 4.78 is 15.5. The van der Waals surface area contributed by atoms with Crippen LogP contribution in [0.15, 0.2) is 42.5 Å². The Kier molecular flexibility index (Phi) is 5.93. The van der Waals surface area contributed by atoms with Crippen molar-refractivity contribution >= 4 is 23.2 Å². The number of amides is 2. The number of benzene rings is 2. The van der Waals surface area contributed by atoms with Gasteiger partial charge in [0.05, 0.1) is 7.11 Å². The van der Waals surface area contributed by atoms with E-state index in [1.165, 1.54) is 7.11 Å². The van der Waals surface area contributed by atoms with Gasteiger partial charge in [0.15, 0.2) is 6.61 Å². The molecule has 0 spiro atoms. The lowest BCUT2D eigenvalue weighted by Gasteiger charge is -2.17. The number of nitrogens with one attached hydrogen (secondary N) is 1. The zero-order valence-corrected chi connectivity index (χ0v) is 15.4. The highest BCUT2D eigenvalue weighted by Crippen LogP contribution is 2.30. The number of carbonyl (C=O) groups excluding carboxylic acids is 2. The molecular weight excluding hydrogens is 348 g/mol. The molecule has 2 aromatic rings. The minimum Gasteiger partial charge on any atom is -0.497 e. The van der Waals surface area contributed by atoms with Gasteiger partial charge in [-0.3, -0.25) is 9.59 Å². The number of methoxy groups -OCH3 is 2. The molecule has 0 saturated carbocycles. The van der Waals surface area contributed by atoms with Crippen molar-refractivity contribution < 1.29 is 23.8 Å². The van der Waals surface area contributed by atoms with Gasteiger partial charge in [-0.1, -0.05) is 6.07 Å². The normalized spacial score (nSPS) is 12.4. The van der Waals surface area contributed by atoms with Crippen LogP contribution >= 0.6 is 0 Å². The molecule has 0 fully saturated rings. The van der Waals surface area contributed by atoms with Crippen LogP contribution in [0.25, 0.3) is 0 Å². The third kappa shape index (κ3) is 4.57. The van der Waals surface area contributed by atoms with Gasteiger partial charge in [0.2, 0.25) is 0 Å². The Hall–Kier alpha value is -3.06. The summed E-state index contributed by atoms with van der Waals surface area (Å²) in [6.07, 6.45) is 0.745. The van der Waals surface area contributed by atoms with E-state index in [4.69, 9.17) is 14.2 Å². The summed E-state index contributed by atoms with van der Waals surface area (Å²) in [5.74, 6) is 0.896. The molecule has 1 N–H and O–H groups in total. The molecule has 142 valence electrons. The van der Waals surface area contributed by atoms with Gasteiger partial charge in [-0.25, -0.2) is 0 Å². The van der Waals surface area contributed by atoms with Crippen molar-refractivity contribution in [2.24, 2.45) is 0 Å². The molecule has 7 heteroatoms. The molecule has 0 saturated heterocycles. The second kappa shape index (κ2) is 8.55. The predicted octanol–water partition coefficient (Wildman–Crippen LogP) is 2.25. The second-order valence-electron chi connectivity index (χ2n) is 6.09. The molecular formula is C20H22N2O5. The molecule has 27 heavy (non-hydrogen) atoms. The lowest BCUT2D eigenvalue weighted by molar-refractivity contribution is -0.122. The van der Waals surface area contributed by atoms with E-state index in [2.05, 4.69) is 5.32 Å². The molecule has 0 bridgehead atoms. The molecule has 2 amide bonds. The molecule has 0 aliphatic carbocycles. The van der Waals surface area contributed by atoms with Crippen LogP contribution in [0.2, 0.25) is 0 Å². The number of carbonyl (C=O) groups is 2. The molecule has 0 radical (unpaired) electrons. The third-order valence-corrected chi connectivity index (χ3v) is 4.24. The van der Waals surface area contributed by atoms with Gasteiger partial charge >= 0.3 is 0 Å². The van der Waals surface area contributed by atoms with Crippen LogP contribution in [0.3, 0.4) is 0 Å². The van der Waals surface area contributed by atoms with Crippen molar-refractivity contribution in [3.05, 3.63) is 48.0 Å². The number of hydrogen-bond donors (Lipinski definition) is 1. The average Bonchev–Trinajstić information content (AvgIpc) is 3.10. The van der Waals surface area contributed by atoms with Crippen LogP contribution in [0.4, 0.5) is 11.4 Å². The Bertz CT molecular complexity index is 837. The Morgan fingerprint density at radius 2 is 1.89 bits per heavy atom. The van der Waals surface area contributed by atoms with E-state index in [-0.39, 0.29) is 25.0 Å². The lowest BCUT2D eigenvalue weighted by Crippen LogP contribution is -2.31. The first-order valence-electron chi connectivity index (χ1n) is 8.59. The summed E-state index contributed by atoms with van der Waals surface area (Å²) >= 11 is 0. The first-order chi connectivity index (χ1) is 13.1. The summed E-state index contributed by atoms with van der Waals surface area (Å²) in [7, 11) is 3.07. The van der Waals surface area contributed by atoms with Crippen molar-refractivity contribution in [2.45, 2.75) is 6.42 Å². The monoisotopic (exact) mass is 370 g/mol. The van der Waals surface area contributed by atoms with E-state index < -0.39 is 0 Å². The van der Waals surface area contributed by atoms with E-state index in [9.17, 15) is 9.59 Å². The van der Waals surface area contributed by atoms with Crippen molar-refractivity contribution in [1.29, 1.82) is 0 Å². The predicted molar refractivity (Wildman–Crippen MR) is 101 cm³/mol. The van der Waals surface area contributed by atoms with Crippen LogP contribution in [-0.2, 0) is 20.7 Å². The van der Waals surface area contributed by atoms with E-state index >= 15 is 0 Å². The fraction of sp³-hybridized carbons (Fsp3) is 0.300. The zero-order valence-electron chi connectivity index (χ0n) is 15.4. The summed E-state index contributed by atoms with van der Waals surface area (Å²) in [4.78, 5) is 25.9. The summed E-state index contributed by atoms with van der Waals surface area (Å²) in [6.45, 7) is 0.566. The Labute approximate surface area is 157 Å². The first-order valence-corrected chi connectivity index (χ1v) is 8.59. The number of ether oxygens (including phenoxy) is 3. The molecule has 2 aromatic carbocycles. The van der Waals surface area contributed by atoms with Crippen molar-refractivity contribution in [2.75, 3.05) is 44.2 Å². The van der Waals surface area contributed by atoms with E-state index in [1.54, 1.807) is 42.3 Å². The average molecular weight is 370 g/mol. The van der Waals surface area contributed by atoms with Crippen LogP contribution < -0.4 is 19.7 Å². The van der Waals surface area contributed by atoms with Crippen molar-refractivity contribution in [1.82, 2.24) is 0 Å². The molecule has 3 rings (SSSR count). The highest BCUT2D eigenvalue weighted by molar-refractivity contribution is 5.97. The van der Waals surface area contributed by atoms with Gasteiger partial charge < -0.3 is 24.4 Å². The molecule has 0 unspecified atom stereocenters. The van der Waals surface area contributed by atoms with Crippen LogP contribution in [0.1, 0.15) is 5.56 Å². The minimum atomic E-state index is -0.261. The standard InChI is InChI=1S/C20H22N2O5/c1-25-13-20(24)22-9-8-14-10-15(6-7-18(14)22)21-19(23)12-27-17-5-3-4-16(11-17)26-2/h3-7,10-11H,8-9,12-13H2,1-2H3,(H,21,23). The van der Waals surface area contributed by atoms with Crippen molar-refractivity contribution in [3.8, 4) is 11.5 Å². The maximum absolute atomic E-state index is 12.1. The van der Waals surface area contributed by atoms with Crippen LogP contribution in [0, 0.1) is 0 Å². The maximum Gasteiger partial charge on any atom is 0.262 e. The van der Waals surface area contributed by atoms with Gasteiger partial charge in [0, 0.05) is 31.1 Å². The maximum atomic E-state index is 12.1. The number of hydrogen-bond acceptors (Lipinski definition) is 5. The third-order valence-electron chi connectivity index (χ3n) is 4.24. The largest absolute Gasteiger partial charge is 0.497 e. The minimum absolute atomic E-state index is 0.0551. The Morgan fingerprint density at radius 3 is 2.67 bits per heavy atom. The van der Waals surface area contributed by atoms with Crippen LogP contribution in [-0.4, -0.2) is 45.8 Å². The highest BCUT2D eigenvalue weighted by atomic mass is 16.5. The van der Waals surface area contributed by atoms with Gasteiger partial charge in [0.1, 0.15) is 18.1 Å². The van der Waals surface area contributed by atoms with E-state index in [1.807, 2.05) is 12.1 Å². The molecule has 1 aliphatic rings. The van der Waals surface area contributed by atoms with E-state index in [0.29, 0.717) is 23.7 Å². The topological polar surface area (TPSA) is 77.1 Å². The molecule has 1 aliphatic heterocycles.